The normalized spacial score (nSPS) is 12.5. The third-order valence-corrected chi connectivity index (χ3v) is 4.24. The quantitative estimate of drug-likeness (QED) is 0.705. The summed E-state index contributed by atoms with van der Waals surface area (Å²) in [6.07, 6.45) is 1.81. The van der Waals surface area contributed by atoms with Crippen molar-refractivity contribution in [3.63, 3.8) is 0 Å². The van der Waals surface area contributed by atoms with E-state index in [-0.39, 0.29) is 6.04 Å². The zero-order chi connectivity index (χ0) is 13.2. The minimum absolute atomic E-state index is 0.124. The highest BCUT2D eigenvalue weighted by Gasteiger charge is 2.14. The number of hydrogen-bond acceptors (Lipinski definition) is 2. The predicted octanol–water partition coefficient (Wildman–Crippen LogP) is 3.89. The van der Waals surface area contributed by atoms with Crippen LogP contribution in [0.2, 0.25) is 0 Å². The predicted molar refractivity (Wildman–Crippen MR) is 86.9 cm³/mol. The zero-order valence-electron chi connectivity index (χ0n) is 10.3. The van der Waals surface area contributed by atoms with Gasteiger partial charge in [-0.15, -0.1) is 0 Å². The van der Waals surface area contributed by atoms with Gasteiger partial charge in [0.25, 0.3) is 0 Å². The van der Waals surface area contributed by atoms with Crippen molar-refractivity contribution < 1.29 is 0 Å². The number of pyridine rings is 1. The Bertz CT molecular complexity index is 719. The molecule has 94 valence electrons. The van der Waals surface area contributed by atoms with E-state index in [9.17, 15) is 0 Å². The summed E-state index contributed by atoms with van der Waals surface area (Å²) in [4.78, 5) is 4.38. The van der Waals surface area contributed by atoms with Crippen LogP contribution in [0.3, 0.4) is 0 Å². The first-order valence-electron chi connectivity index (χ1n) is 6.11. The molecular weight excluding hydrogens is 347 g/mol. The molecule has 2 nitrogen and oxygen atoms in total. The van der Waals surface area contributed by atoms with E-state index >= 15 is 0 Å². The van der Waals surface area contributed by atoms with Gasteiger partial charge in [0.1, 0.15) is 0 Å². The van der Waals surface area contributed by atoms with Crippen molar-refractivity contribution in [2.75, 3.05) is 0 Å². The summed E-state index contributed by atoms with van der Waals surface area (Å²) in [5, 5.41) is 1.12. The summed E-state index contributed by atoms with van der Waals surface area (Å²) in [5.41, 5.74) is 9.71. The van der Waals surface area contributed by atoms with Crippen molar-refractivity contribution in [2.24, 2.45) is 5.73 Å². The van der Waals surface area contributed by atoms with Gasteiger partial charge in [0.15, 0.2) is 0 Å². The third kappa shape index (κ3) is 2.35. The van der Waals surface area contributed by atoms with Crippen LogP contribution < -0.4 is 5.73 Å². The maximum atomic E-state index is 6.45. The van der Waals surface area contributed by atoms with Crippen molar-refractivity contribution in [2.45, 2.75) is 6.04 Å². The first kappa shape index (κ1) is 12.6. The van der Waals surface area contributed by atoms with Crippen LogP contribution in [0.5, 0.6) is 0 Å². The minimum atomic E-state index is -0.124. The van der Waals surface area contributed by atoms with Crippen LogP contribution >= 0.6 is 22.6 Å². The van der Waals surface area contributed by atoms with Gasteiger partial charge in [0.2, 0.25) is 0 Å². The highest BCUT2D eigenvalue weighted by Crippen LogP contribution is 2.28. The second kappa shape index (κ2) is 5.27. The molecule has 2 aromatic carbocycles. The van der Waals surface area contributed by atoms with Gasteiger partial charge in [-0.25, -0.2) is 0 Å². The monoisotopic (exact) mass is 360 g/mol. The number of nitrogens with two attached hydrogens (primary N) is 1. The molecule has 3 heteroatoms. The summed E-state index contributed by atoms with van der Waals surface area (Å²) in [7, 11) is 0. The Morgan fingerprint density at radius 1 is 0.895 bits per heavy atom. The highest BCUT2D eigenvalue weighted by atomic mass is 127. The van der Waals surface area contributed by atoms with Crippen molar-refractivity contribution in [3.8, 4) is 0 Å². The number of aromatic nitrogens is 1. The van der Waals surface area contributed by atoms with Gasteiger partial charge in [-0.1, -0.05) is 36.4 Å². The summed E-state index contributed by atoms with van der Waals surface area (Å²) in [6, 6.07) is 18.2. The molecule has 2 N–H and O–H groups in total. The Labute approximate surface area is 125 Å². The molecule has 1 atom stereocenters. The summed E-state index contributed by atoms with van der Waals surface area (Å²) < 4.78 is 1.19. The van der Waals surface area contributed by atoms with Gasteiger partial charge in [0.05, 0.1) is 11.6 Å². The standard InChI is InChI=1S/C16H13IN2/c17-14-8-2-1-5-13(14)16(18)12-6-3-9-15-11(12)7-4-10-19-15/h1-10,16H,18H2. The molecule has 0 radical (unpaired) electrons. The lowest BCUT2D eigenvalue weighted by atomic mass is 9.96. The molecule has 0 bridgehead atoms. The number of benzene rings is 2. The zero-order valence-corrected chi connectivity index (χ0v) is 12.4. The Morgan fingerprint density at radius 2 is 1.68 bits per heavy atom. The maximum absolute atomic E-state index is 6.45. The van der Waals surface area contributed by atoms with Crippen molar-refractivity contribution in [3.05, 3.63) is 75.5 Å². The molecule has 0 aliphatic heterocycles. The Hall–Kier alpha value is -1.46. The van der Waals surface area contributed by atoms with Gasteiger partial charge in [-0.3, -0.25) is 4.98 Å². The fraction of sp³-hybridized carbons (Fsp3) is 0.0625. The van der Waals surface area contributed by atoms with Gasteiger partial charge in [0, 0.05) is 15.2 Å². The Kier molecular flexibility index (Phi) is 3.48. The molecule has 0 spiro atoms. The summed E-state index contributed by atoms with van der Waals surface area (Å²) in [6.45, 7) is 0. The van der Waals surface area contributed by atoms with E-state index in [0.717, 1.165) is 22.0 Å². The van der Waals surface area contributed by atoms with Crippen LogP contribution in [0, 0.1) is 3.57 Å². The van der Waals surface area contributed by atoms with Gasteiger partial charge in [-0.2, -0.15) is 0 Å². The number of rotatable bonds is 2. The molecule has 1 unspecified atom stereocenters. The molecule has 1 aromatic heterocycles. The van der Waals surface area contributed by atoms with E-state index in [4.69, 9.17) is 5.73 Å². The molecule has 3 aromatic rings. The minimum Gasteiger partial charge on any atom is -0.320 e. The molecule has 0 amide bonds. The lowest BCUT2D eigenvalue weighted by Crippen LogP contribution is -2.13. The molecule has 19 heavy (non-hydrogen) atoms. The molecule has 0 fully saturated rings. The van der Waals surface area contributed by atoms with Gasteiger partial charge >= 0.3 is 0 Å². The largest absolute Gasteiger partial charge is 0.320 e. The van der Waals surface area contributed by atoms with E-state index < -0.39 is 0 Å². The molecular formula is C16H13IN2. The van der Waals surface area contributed by atoms with E-state index in [1.165, 1.54) is 3.57 Å². The van der Waals surface area contributed by atoms with Gasteiger partial charge in [-0.05, 0) is 51.9 Å². The van der Waals surface area contributed by atoms with Crippen LogP contribution in [0.25, 0.3) is 10.9 Å². The molecule has 0 saturated carbocycles. The maximum Gasteiger partial charge on any atom is 0.0705 e. The van der Waals surface area contributed by atoms with Crippen LogP contribution in [-0.4, -0.2) is 4.98 Å². The average molecular weight is 360 g/mol. The highest BCUT2D eigenvalue weighted by molar-refractivity contribution is 14.1. The molecule has 1 heterocycles. The molecule has 0 saturated heterocycles. The number of nitrogens with zero attached hydrogens (tertiary/aromatic N) is 1. The fourth-order valence-corrected chi connectivity index (χ4v) is 3.02. The topological polar surface area (TPSA) is 38.9 Å². The number of halogens is 1. The van der Waals surface area contributed by atoms with E-state index in [2.05, 4.69) is 51.8 Å². The summed E-state index contributed by atoms with van der Waals surface area (Å²) in [5.74, 6) is 0. The third-order valence-electron chi connectivity index (χ3n) is 3.25. The van der Waals surface area contributed by atoms with Crippen molar-refractivity contribution in [1.29, 1.82) is 0 Å². The fourth-order valence-electron chi connectivity index (χ4n) is 2.29. The molecule has 3 rings (SSSR count). The van der Waals surface area contributed by atoms with Crippen LogP contribution in [0.4, 0.5) is 0 Å². The second-order valence-electron chi connectivity index (χ2n) is 4.42. The average Bonchev–Trinajstić information content (AvgIpc) is 2.46. The van der Waals surface area contributed by atoms with E-state index in [1.807, 2.05) is 36.5 Å². The van der Waals surface area contributed by atoms with E-state index in [0.29, 0.717) is 0 Å². The molecule has 0 aliphatic rings. The molecule has 0 aliphatic carbocycles. The van der Waals surface area contributed by atoms with Gasteiger partial charge < -0.3 is 5.73 Å². The Morgan fingerprint density at radius 3 is 2.53 bits per heavy atom. The SMILES string of the molecule is NC(c1ccccc1I)c1cccc2ncccc12. The lowest BCUT2D eigenvalue weighted by molar-refractivity contribution is 0.874. The van der Waals surface area contributed by atoms with Crippen molar-refractivity contribution in [1.82, 2.24) is 4.98 Å². The number of fused-ring (bicyclic) bond motifs is 1. The van der Waals surface area contributed by atoms with Crippen LogP contribution in [0.15, 0.2) is 60.8 Å². The first-order valence-corrected chi connectivity index (χ1v) is 7.19. The second-order valence-corrected chi connectivity index (χ2v) is 5.58. The smallest absolute Gasteiger partial charge is 0.0705 e. The lowest BCUT2D eigenvalue weighted by Gasteiger charge is -2.16. The van der Waals surface area contributed by atoms with Crippen LogP contribution in [-0.2, 0) is 0 Å². The summed E-state index contributed by atoms with van der Waals surface area (Å²) >= 11 is 2.33. The van der Waals surface area contributed by atoms with Crippen molar-refractivity contribution >= 4 is 33.5 Å². The first-order chi connectivity index (χ1) is 9.27. The number of hydrogen-bond donors (Lipinski definition) is 1. The van der Waals surface area contributed by atoms with Crippen LogP contribution in [0.1, 0.15) is 17.2 Å². The van der Waals surface area contributed by atoms with E-state index in [1.54, 1.807) is 0 Å². The Balaban J connectivity index is 2.17.